The number of methoxy groups -OCH3 is 6. The standard InChI is InChI=1S/C43H52N4O6S/c1-28-30(13-17-45-41(28)32-23-39(50-4)43(53-7)40(24-32)51-5)27-47(34-10-9-11-35(25-34)54-8)33-14-18-46(19-15-33)26-29-12-16-44-36(20-29)31-21-37(48-2)42(52-6)38(22-31)49-3/h9-13,16-17,20-25,28,33,41H,14-15,18-19,26-27H2,1-8H3. The maximum absolute atomic E-state index is 5.69. The van der Waals surface area contributed by atoms with E-state index in [1.54, 1.807) is 54.4 Å². The lowest BCUT2D eigenvalue weighted by Crippen LogP contribution is -2.46. The molecule has 2 unspecified atom stereocenters. The first-order chi connectivity index (χ1) is 26.3. The van der Waals surface area contributed by atoms with Crippen molar-refractivity contribution in [2.75, 3.05) is 73.4 Å². The molecule has 11 heteroatoms. The van der Waals surface area contributed by atoms with Gasteiger partial charge in [0, 0.05) is 66.7 Å². The molecule has 286 valence electrons. The molecule has 2 atom stereocenters. The predicted molar refractivity (Wildman–Crippen MR) is 218 cm³/mol. The molecule has 10 nitrogen and oxygen atoms in total. The number of nitrogens with zero attached hydrogens (tertiary/aromatic N) is 4. The molecule has 0 saturated carbocycles. The highest BCUT2D eigenvalue weighted by Gasteiger charge is 2.31. The third-order valence-corrected chi connectivity index (χ3v) is 11.3. The van der Waals surface area contributed by atoms with Crippen LogP contribution in [0.1, 0.15) is 36.9 Å². The van der Waals surface area contributed by atoms with Gasteiger partial charge in [-0.2, -0.15) is 0 Å². The number of thioether (sulfide) groups is 1. The predicted octanol–water partition coefficient (Wildman–Crippen LogP) is 8.38. The van der Waals surface area contributed by atoms with Crippen LogP contribution in [0.2, 0.25) is 0 Å². The minimum atomic E-state index is -0.0784. The average molecular weight is 753 g/mol. The summed E-state index contributed by atoms with van der Waals surface area (Å²) in [5.41, 5.74) is 6.63. The molecule has 0 aliphatic carbocycles. The normalized spacial score (nSPS) is 17.4. The maximum atomic E-state index is 5.69. The number of benzene rings is 3. The molecule has 6 rings (SSSR count). The van der Waals surface area contributed by atoms with Gasteiger partial charge in [-0.05, 0) is 96.5 Å². The first kappa shape index (κ1) is 38.8. The van der Waals surface area contributed by atoms with Crippen LogP contribution in [-0.2, 0) is 6.54 Å². The summed E-state index contributed by atoms with van der Waals surface area (Å²) in [6, 6.07) is 21.5. The van der Waals surface area contributed by atoms with Crippen molar-refractivity contribution >= 4 is 23.7 Å². The molecular formula is C43H52N4O6S. The van der Waals surface area contributed by atoms with Gasteiger partial charge in [-0.25, -0.2) is 0 Å². The van der Waals surface area contributed by atoms with Crippen molar-refractivity contribution in [3.05, 3.63) is 89.6 Å². The van der Waals surface area contributed by atoms with Crippen molar-refractivity contribution in [1.29, 1.82) is 0 Å². The Morgan fingerprint density at radius 3 is 2.00 bits per heavy atom. The van der Waals surface area contributed by atoms with Gasteiger partial charge in [0.1, 0.15) is 0 Å². The second-order valence-electron chi connectivity index (χ2n) is 13.5. The molecule has 1 fully saturated rings. The largest absolute Gasteiger partial charge is 0.493 e. The molecule has 0 bridgehead atoms. The third-order valence-electron chi connectivity index (χ3n) is 10.5. The van der Waals surface area contributed by atoms with E-state index >= 15 is 0 Å². The summed E-state index contributed by atoms with van der Waals surface area (Å²) in [7, 11) is 9.80. The molecule has 3 heterocycles. The van der Waals surface area contributed by atoms with Crippen molar-refractivity contribution in [1.82, 2.24) is 9.88 Å². The van der Waals surface area contributed by atoms with Crippen LogP contribution in [0.4, 0.5) is 5.69 Å². The van der Waals surface area contributed by atoms with Gasteiger partial charge >= 0.3 is 0 Å². The molecule has 0 amide bonds. The smallest absolute Gasteiger partial charge is 0.203 e. The molecule has 1 saturated heterocycles. The number of pyridine rings is 1. The molecule has 0 spiro atoms. The number of dihydropyridines is 1. The number of likely N-dealkylation sites (tertiary alicyclic amines) is 1. The SMILES string of the molecule is COc1cc(-c2cc(CN3CCC(N(CC4=CC=NC(c5cc(OC)c(OC)c(OC)c5)C4C)c4cccc(SC)c4)CC3)ccn2)cc(OC)c1OC. The highest BCUT2D eigenvalue weighted by molar-refractivity contribution is 7.98. The van der Waals surface area contributed by atoms with Gasteiger partial charge in [-0.15, -0.1) is 11.8 Å². The molecule has 0 radical (unpaired) electrons. The van der Waals surface area contributed by atoms with Crippen LogP contribution in [0.15, 0.2) is 88.4 Å². The minimum absolute atomic E-state index is 0.0784. The number of anilines is 1. The summed E-state index contributed by atoms with van der Waals surface area (Å²) in [4.78, 5) is 16.1. The summed E-state index contributed by atoms with van der Waals surface area (Å²) in [5, 5.41) is 0. The second-order valence-corrected chi connectivity index (χ2v) is 14.4. The van der Waals surface area contributed by atoms with Crippen LogP contribution >= 0.6 is 11.8 Å². The van der Waals surface area contributed by atoms with Crippen LogP contribution in [0, 0.1) is 5.92 Å². The Hall–Kier alpha value is -4.87. The topological polar surface area (TPSA) is 87.1 Å². The molecule has 4 aromatic rings. The number of rotatable bonds is 15. The van der Waals surface area contributed by atoms with Gasteiger partial charge in [0.15, 0.2) is 23.0 Å². The number of aromatic nitrogens is 1. The van der Waals surface area contributed by atoms with Gasteiger partial charge in [-0.3, -0.25) is 14.9 Å². The Balaban J connectivity index is 1.19. The Kier molecular flexibility index (Phi) is 12.9. The van der Waals surface area contributed by atoms with Gasteiger partial charge in [0.05, 0.1) is 54.4 Å². The summed E-state index contributed by atoms with van der Waals surface area (Å²) >= 11 is 1.78. The van der Waals surface area contributed by atoms with Crippen molar-refractivity contribution in [3.63, 3.8) is 0 Å². The Labute approximate surface area is 324 Å². The first-order valence-corrected chi connectivity index (χ1v) is 19.5. The number of aliphatic imine (C=N–C) groups is 1. The fourth-order valence-electron chi connectivity index (χ4n) is 7.58. The number of piperidine rings is 1. The minimum Gasteiger partial charge on any atom is -0.493 e. The lowest BCUT2D eigenvalue weighted by atomic mass is 9.85. The van der Waals surface area contributed by atoms with E-state index in [0.717, 1.165) is 55.8 Å². The monoisotopic (exact) mass is 752 g/mol. The fourth-order valence-corrected chi connectivity index (χ4v) is 8.04. The van der Waals surface area contributed by atoms with E-state index in [-0.39, 0.29) is 12.0 Å². The number of hydrogen-bond acceptors (Lipinski definition) is 11. The number of ether oxygens (including phenoxy) is 6. The zero-order chi connectivity index (χ0) is 38.2. The van der Waals surface area contributed by atoms with Crippen molar-refractivity contribution in [3.8, 4) is 45.8 Å². The Bertz CT molecular complexity index is 1910. The van der Waals surface area contributed by atoms with Crippen LogP contribution in [-0.4, -0.2) is 90.7 Å². The second kappa shape index (κ2) is 18.0. The zero-order valence-electron chi connectivity index (χ0n) is 32.6. The third kappa shape index (κ3) is 8.42. The Morgan fingerprint density at radius 2 is 1.41 bits per heavy atom. The van der Waals surface area contributed by atoms with E-state index in [9.17, 15) is 0 Å². The molecular weight excluding hydrogens is 701 g/mol. The highest BCUT2D eigenvalue weighted by Crippen LogP contribution is 2.44. The van der Waals surface area contributed by atoms with Gasteiger partial charge < -0.3 is 33.3 Å². The van der Waals surface area contributed by atoms with Gasteiger partial charge in [-0.1, -0.05) is 13.0 Å². The molecule has 54 heavy (non-hydrogen) atoms. The quantitative estimate of drug-likeness (QED) is 0.110. The van der Waals surface area contributed by atoms with E-state index in [4.69, 9.17) is 38.4 Å². The van der Waals surface area contributed by atoms with E-state index in [2.05, 4.69) is 65.5 Å². The first-order valence-electron chi connectivity index (χ1n) is 18.2. The summed E-state index contributed by atoms with van der Waals surface area (Å²) in [5.74, 6) is 3.80. The number of hydrogen-bond donors (Lipinski definition) is 0. The molecule has 2 aliphatic heterocycles. The van der Waals surface area contributed by atoms with Crippen molar-refractivity contribution in [2.24, 2.45) is 10.9 Å². The van der Waals surface area contributed by atoms with E-state index < -0.39 is 0 Å². The lowest BCUT2D eigenvalue weighted by molar-refractivity contribution is 0.202. The lowest BCUT2D eigenvalue weighted by Gasteiger charge is -2.41. The molecule has 1 aromatic heterocycles. The van der Waals surface area contributed by atoms with Gasteiger partial charge in [0.25, 0.3) is 0 Å². The van der Waals surface area contributed by atoms with E-state index in [0.29, 0.717) is 40.5 Å². The van der Waals surface area contributed by atoms with Crippen LogP contribution in [0.25, 0.3) is 11.3 Å². The fraction of sp³-hybridized carbons (Fsp3) is 0.395. The maximum Gasteiger partial charge on any atom is 0.203 e. The summed E-state index contributed by atoms with van der Waals surface area (Å²) < 4.78 is 33.7. The summed E-state index contributed by atoms with van der Waals surface area (Å²) in [6.45, 7) is 5.93. The molecule has 3 aromatic carbocycles. The van der Waals surface area contributed by atoms with E-state index in [1.807, 2.05) is 36.7 Å². The van der Waals surface area contributed by atoms with Crippen molar-refractivity contribution < 1.29 is 28.4 Å². The van der Waals surface area contributed by atoms with E-state index in [1.165, 1.54) is 21.7 Å². The average Bonchev–Trinajstić information content (AvgIpc) is 3.22. The van der Waals surface area contributed by atoms with Crippen LogP contribution in [0.3, 0.4) is 0 Å². The number of allylic oxidation sites excluding steroid dienone is 1. The molecule has 0 N–H and O–H groups in total. The van der Waals surface area contributed by atoms with Crippen molar-refractivity contribution in [2.45, 2.75) is 43.3 Å². The van der Waals surface area contributed by atoms with Gasteiger partial charge in [0.2, 0.25) is 11.5 Å². The zero-order valence-corrected chi connectivity index (χ0v) is 33.4. The highest BCUT2D eigenvalue weighted by atomic mass is 32.2. The van der Waals surface area contributed by atoms with Crippen LogP contribution in [0.5, 0.6) is 34.5 Å². The molecule has 2 aliphatic rings. The van der Waals surface area contributed by atoms with Crippen LogP contribution < -0.4 is 33.3 Å². The Morgan fingerprint density at radius 1 is 0.778 bits per heavy atom. The summed E-state index contributed by atoms with van der Waals surface area (Å²) in [6.07, 6.45) is 10.3.